The topological polar surface area (TPSA) is 61.9 Å². The van der Waals surface area contributed by atoms with Crippen LogP contribution >= 0.6 is 0 Å². The molecule has 1 amide bonds. The quantitative estimate of drug-likeness (QED) is 0.568. The van der Waals surface area contributed by atoms with Crippen molar-refractivity contribution in [2.45, 2.75) is 25.7 Å². The maximum atomic E-state index is 12.0. The van der Waals surface area contributed by atoms with E-state index >= 15 is 0 Å². The molecule has 0 aliphatic carbocycles. The van der Waals surface area contributed by atoms with Crippen LogP contribution in [0.2, 0.25) is 0 Å². The van der Waals surface area contributed by atoms with Crippen LogP contribution in [0.25, 0.3) is 0 Å². The molecule has 0 saturated carbocycles. The van der Waals surface area contributed by atoms with Gasteiger partial charge in [0.25, 0.3) is 5.91 Å². The molecule has 5 nitrogen and oxygen atoms in total. The molecule has 0 unspecified atom stereocenters. The van der Waals surface area contributed by atoms with E-state index in [2.05, 4.69) is 41.6 Å². The van der Waals surface area contributed by atoms with Crippen molar-refractivity contribution in [2.75, 3.05) is 40.8 Å². The first-order valence-electron chi connectivity index (χ1n) is 10.1. The van der Waals surface area contributed by atoms with Gasteiger partial charge in [-0.1, -0.05) is 30.4 Å². The standard InChI is InChI=1S/C24H34N4O/c1-18(16-19(2)23(25)10-13-26-3)17-28-14-11-21(12-15-28)20-6-8-22(9-7-20)24(29)27(4)5/h6-10,13,16,21H,2,11-12,14-15,17,25H2,1,3-5H3/b18-16+,23-10+,26-13?. The fourth-order valence-electron chi connectivity index (χ4n) is 3.62. The summed E-state index contributed by atoms with van der Waals surface area (Å²) >= 11 is 0. The minimum absolute atomic E-state index is 0.0488. The van der Waals surface area contributed by atoms with Crippen molar-refractivity contribution < 1.29 is 4.79 Å². The van der Waals surface area contributed by atoms with E-state index in [0.29, 0.717) is 11.6 Å². The lowest BCUT2D eigenvalue weighted by atomic mass is 9.88. The van der Waals surface area contributed by atoms with Crippen molar-refractivity contribution in [1.29, 1.82) is 0 Å². The molecule has 0 atom stereocenters. The van der Waals surface area contributed by atoms with Gasteiger partial charge in [-0.25, -0.2) is 0 Å². The number of benzene rings is 1. The van der Waals surface area contributed by atoms with Gasteiger partial charge in [0, 0.05) is 45.2 Å². The summed E-state index contributed by atoms with van der Waals surface area (Å²) in [5.74, 6) is 0.605. The van der Waals surface area contributed by atoms with Crippen molar-refractivity contribution in [3.05, 3.63) is 71.0 Å². The average Bonchev–Trinajstić information content (AvgIpc) is 2.71. The van der Waals surface area contributed by atoms with Crippen molar-refractivity contribution >= 4 is 12.1 Å². The number of aliphatic imine (C=N–C) groups is 1. The Bertz CT molecular complexity index is 795. The van der Waals surface area contributed by atoms with Crippen molar-refractivity contribution in [3.8, 4) is 0 Å². The summed E-state index contributed by atoms with van der Waals surface area (Å²) in [6, 6.07) is 8.12. The lowest BCUT2D eigenvalue weighted by Gasteiger charge is -2.32. The van der Waals surface area contributed by atoms with E-state index in [1.807, 2.05) is 12.1 Å². The Morgan fingerprint density at radius 3 is 2.45 bits per heavy atom. The van der Waals surface area contributed by atoms with Gasteiger partial charge in [-0.2, -0.15) is 0 Å². The Hall–Kier alpha value is -2.66. The molecular formula is C24H34N4O. The summed E-state index contributed by atoms with van der Waals surface area (Å²) in [5.41, 5.74) is 10.8. The van der Waals surface area contributed by atoms with Crippen LogP contribution in [0.3, 0.4) is 0 Å². The number of piperidine rings is 1. The summed E-state index contributed by atoms with van der Waals surface area (Å²) in [5, 5.41) is 0. The fraction of sp³-hybridized carbons (Fsp3) is 0.417. The normalized spacial score (nSPS) is 17.0. The lowest BCUT2D eigenvalue weighted by Crippen LogP contribution is -2.34. The van der Waals surface area contributed by atoms with Crippen molar-refractivity contribution in [3.63, 3.8) is 0 Å². The average molecular weight is 395 g/mol. The van der Waals surface area contributed by atoms with E-state index in [4.69, 9.17) is 5.73 Å². The minimum Gasteiger partial charge on any atom is -0.398 e. The van der Waals surface area contributed by atoms with Crippen LogP contribution in [0.4, 0.5) is 0 Å². The maximum Gasteiger partial charge on any atom is 0.253 e. The Balaban J connectivity index is 1.88. The highest BCUT2D eigenvalue weighted by Crippen LogP contribution is 2.28. The third-order valence-electron chi connectivity index (χ3n) is 5.29. The van der Waals surface area contributed by atoms with Gasteiger partial charge >= 0.3 is 0 Å². The van der Waals surface area contributed by atoms with Crippen molar-refractivity contribution in [1.82, 2.24) is 9.80 Å². The molecule has 0 bridgehead atoms. The van der Waals surface area contributed by atoms with Crippen LogP contribution in [0.15, 0.2) is 64.8 Å². The van der Waals surface area contributed by atoms with Crippen LogP contribution in [0.1, 0.15) is 41.6 Å². The van der Waals surface area contributed by atoms with Gasteiger partial charge in [-0.05, 0) is 68.1 Å². The molecule has 1 aliphatic rings. The van der Waals surface area contributed by atoms with E-state index in [0.717, 1.165) is 43.6 Å². The maximum absolute atomic E-state index is 12.0. The SMILES string of the molecule is C=C(/C=C(\C)CN1CCC(c2ccc(C(=O)N(C)C)cc2)CC1)/C(N)=C\C=NC. The molecule has 2 N–H and O–H groups in total. The zero-order valence-corrected chi connectivity index (χ0v) is 18.2. The van der Waals surface area contributed by atoms with E-state index in [9.17, 15) is 4.79 Å². The number of amides is 1. The lowest BCUT2D eigenvalue weighted by molar-refractivity contribution is 0.0827. The molecule has 1 saturated heterocycles. The molecule has 0 radical (unpaired) electrons. The fourth-order valence-corrected chi connectivity index (χ4v) is 3.62. The second-order valence-corrected chi connectivity index (χ2v) is 7.92. The smallest absolute Gasteiger partial charge is 0.253 e. The second kappa shape index (κ2) is 10.8. The molecule has 29 heavy (non-hydrogen) atoms. The number of hydrogen-bond acceptors (Lipinski definition) is 4. The third-order valence-corrected chi connectivity index (χ3v) is 5.29. The van der Waals surface area contributed by atoms with E-state index < -0.39 is 0 Å². The molecule has 1 aliphatic heterocycles. The predicted octanol–water partition coefficient (Wildman–Crippen LogP) is 3.61. The minimum atomic E-state index is 0.0488. The third kappa shape index (κ3) is 6.71. The van der Waals surface area contributed by atoms with Gasteiger partial charge in [0.15, 0.2) is 0 Å². The van der Waals surface area contributed by atoms with E-state index in [1.54, 1.807) is 38.3 Å². The first-order chi connectivity index (χ1) is 13.8. The molecule has 1 aromatic carbocycles. The van der Waals surface area contributed by atoms with Crippen LogP contribution in [0.5, 0.6) is 0 Å². The number of nitrogens with zero attached hydrogens (tertiary/aromatic N) is 3. The summed E-state index contributed by atoms with van der Waals surface area (Å²) in [4.78, 5) is 20.0. The molecule has 1 heterocycles. The van der Waals surface area contributed by atoms with Crippen LogP contribution < -0.4 is 5.73 Å². The predicted molar refractivity (Wildman–Crippen MR) is 122 cm³/mol. The van der Waals surface area contributed by atoms with E-state index in [-0.39, 0.29) is 5.91 Å². The van der Waals surface area contributed by atoms with Gasteiger partial charge in [-0.3, -0.25) is 14.7 Å². The summed E-state index contributed by atoms with van der Waals surface area (Å²) in [6.45, 7) is 9.23. The van der Waals surface area contributed by atoms with Gasteiger partial charge in [0.1, 0.15) is 0 Å². The number of carbonyl (C=O) groups is 1. The van der Waals surface area contributed by atoms with Gasteiger partial charge < -0.3 is 10.6 Å². The first-order valence-corrected chi connectivity index (χ1v) is 10.1. The van der Waals surface area contributed by atoms with Gasteiger partial charge in [0.2, 0.25) is 0 Å². The van der Waals surface area contributed by atoms with Crippen LogP contribution in [0, 0.1) is 0 Å². The summed E-state index contributed by atoms with van der Waals surface area (Å²) < 4.78 is 0. The Morgan fingerprint density at radius 1 is 1.28 bits per heavy atom. The van der Waals surface area contributed by atoms with Gasteiger partial charge in [0.05, 0.1) is 0 Å². The second-order valence-electron chi connectivity index (χ2n) is 7.92. The molecule has 5 heteroatoms. The summed E-state index contributed by atoms with van der Waals surface area (Å²) in [6.07, 6.45) is 7.77. The molecule has 1 aromatic rings. The van der Waals surface area contributed by atoms with E-state index in [1.165, 1.54) is 11.1 Å². The highest BCUT2D eigenvalue weighted by Gasteiger charge is 2.21. The number of carbonyl (C=O) groups excluding carboxylic acids is 1. The molecule has 0 aromatic heterocycles. The largest absolute Gasteiger partial charge is 0.398 e. The van der Waals surface area contributed by atoms with Crippen LogP contribution in [-0.2, 0) is 0 Å². The molecule has 1 fully saturated rings. The zero-order valence-electron chi connectivity index (χ0n) is 18.2. The molecule has 0 spiro atoms. The van der Waals surface area contributed by atoms with Crippen LogP contribution in [-0.4, -0.2) is 62.7 Å². The molecule has 156 valence electrons. The number of allylic oxidation sites excluding steroid dienone is 2. The first kappa shape index (κ1) is 22.6. The Labute approximate surface area is 175 Å². The number of nitrogens with two attached hydrogens (primary N) is 1. The number of likely N-dealkylation sites (tertiary alicyclic amines) is 1. The van der Waals surface area contributed by atoms with Crippen molar-refractivity contribution in [2.24, 2.45) is 10.7 Å². The monoisotopic (exact) mass is 394 g/mol. The van der Waals surface area contributed by atoms with Gasteiger partial charge in [-0.15, -0.1) is 0 Å². The Kier molecular flexibility index (Phi) is 8.40. The molecule has 2 rings (SSSR count). The highest BCUT2D eigenvalue weighted by atomic mass is 16.2. The number of hydrogen-bond donors (Lipinski definition) is 1. The molecular weight excluding hydrogens is 360 g/mol. The zero-order chi connectivity index (χ0) is 21.4. The summed E-state index contributed by atoms with van der Waals surface area (Å²) in [7, 11) is 5.28. The highest BCUT2D eigenvalue weighted by molar-refractivity contribution is 5.93. The Morgan fingerprint density at radius 2 is 1.90 bits per heavy atom. The number of rotatable bonds is 7.